The molecule has 1 aromatic carbocycles. The molecule has 0 aliphatic rings. The van der Waals surface area contributed by atoms with Crippen molar-refractivity contribution in [3.05, 3.63) is 41.4 Å². The van der Waals surface area contributed by atoms with E-state index in [1.807, 2.05) is 30.3 Å². The first-order valence-corrected chi connectivity index (χ1v) is 7.05. The van der Waals surface area contributed by atoms with Gasteiger partial charge in [0.15, 0.2) is 5.13 Å². The number of hydrogen-bond acceptors (Lipinski definition) is 4. The minimum absolute atomic E-state index is 0.271. The van der Waals surface area contributed by atoms with E-state index in [1.165, 1.54) is 17.5 Å². The predicted octanol–water partition coefficient (Wildman–Crippen LogP) is 3.78. The molecule has 1 aromatic heterocycles. The van der Waals surface area contributed by atoms with E-state index in [-0.39, 0.29) is 4.88 Å². The fourth-order valence-corrected chi connectivity index (χ4v) is 2.55. The number of carbonyl (C=O) groups is 1. The number of benzene rings is 1. The fraction of sp³-hybridized carbons (Fsp3) is 0.286. The quantitative estimate of drug-likeness (QED) is 0.872. The second-order valence-electron chi connectivity index (χ2n) is 4.15. The molecule has 0 unspecified atom stereocenters. The molecule has 0 spiro atoms. The zero-order valence-corrected chi connectivity index (χ0v) is 11.6. The van der Waals surface area contributed by atoms with Gasteiger partial charge in [0, 0.05) is 12.2 Å². The maximum absolute atomic E-state index is 10.9. The van der Waals surface area contributed by atoms with Gasteiger partial charge in [-0.15, -0.1) is 0 Å². The number of hydrogen-bond donors (Lipinski definition) is 1. The lowest BCUT2D eigenvalue weighted by molar-refractivity contribution is 0.0702. The highest BCUT2D eigenvalue weighted by Gasteiger charge is 2.15. The lowest BCUT2D eigenvalue weighted by Crippen LogP contribution is -2.17. The molecular weight excluding hydrogens is 260 g/mol. The minimum atomic E-state index is -0.924. The summed E-state index contributed by atoms with van der Waals surface area (Å²) in [5.41, 5.74) is 1.04. The number of carboxylic acids is 1. The summed E-state index contributed by atoms with van der Waals surface area (Å²) in [6, 6.07) is 9.93. The lowest BCUT2D eigenvalue weighted by Gasteiger charge is -2.21. The van der Waals surface area contributed by atoms with Crippen LogP contribution < -0.4 is 4.90 Å². The molecule has 0 saturated carbocycles. The molecule has 2 rings (SSSR count). The topological polar surface area (TPSA) is 53.4 Å². The van der Waals surface area contributed by atoms with Crippen LogP contribution in [0.5, 0.6) is 0 Å². The summed E-state index contributed by atoms with van der Waals surface area (Å²) >= 11 is 1.21. The number of aromatic carboxylic acids is 1. The molecule has 1 N–H and O–H groups in total. The van der Waals surface area contributed by atoms with E-state index >= 15 is 0 Å². The van der Waals surface area contributed by atoms with Gasteiger partial charge in [-0.05, 0) is 18.6 Å². The van der Waals surface area contributed by atoms with Crippen molar-refractivity contribution >= 4 is 28.1 Å². The number of para-hydroxylation sites is 1. The van der Waals surface area contributed by atoms with E-state index < -0.39 is 5.97 Å². The first-order valence-electron chi connectivity index (χ1n) is 6.24. The molecule has 0 bridgehead atoms. The van der Waals surface area contributed by atoms with Crippen LogP contribution in [0.15, 0.2) is 36.5 Å². The second kappa shape index (κ2) is 6.33. The Labute approximate surface area is 116 Å². The van der Waals surface area contributed by atoms with Crippen LogP contribution in [0.1, 0.15) is 29.4 Å². The molecule has 19 heavy (non-hydrogen) atoms. The van der Waals surface area contributed by atoms with Gasteiger partial charge in [0.25, 0.3) is 0 Å². The van der Waals surface area contributed by atoms with Crippen molar-refractivity contribution in [1.29, 1.82) is 0 Å². The Morgan fingerprint density at radius 3 is 2.68 bits per heavy atom. The monoisotopic (exact) mass is 276 g/mol. The number of carboxylic acid groups (broad SMARTS) is 1. The van der Waals surface area contributed by atoms with Crippen LogP contribution in [0.3, 0.4) is 0 Å². The largest absolute Gasteiger partial charge is 0.477 e. The number of anilines is 2. The summed E-state index contributed by atoms with van der Waals surface area (Å²) < 4.78 is 0. The van der Waals surface area contributed by atoms with Crippen molar-refractivity contribution in [2.75, 3.05) is 11.4 Å². The highest BCUT2D eigenvalue weighted by molar-refractivity contribution is 7.17. The summed E-state index contributed by atoms with van der Waals surface area (Å²) in [5.74, 6) is -0.924. The zero-order chi connectivity index (χ0) is 13.7. The minimum Gasteiger partial charge on any atom is -0.477 e. The molecule has 0 fully saturated rings. The van der Waals surface area contributed by atoms with Crippen LogP contribution in [0.4, 0.5) is 10.8 Å². The van der Waals surface area contributed by atoms with Gasteiger partial charge in [0.05, 0.1) is 6.20 Å². The summed E-state index contributed by atoms with van der Waals surface area (Å²) in [7, 11) is 0. The Bertz CT molecular complexity index is 539. The third-order valence-electron chi connectivity index (χ3n) is 2.74. The summed E-state index contributed by atoms with van der Waals surface area (Å²) in [4.78, 5) is 17.5. The van der Waals surface area contributed by atoms with Crippen molar-refractivity contribution in [2.45, 2.75) is 19.8 Å². The maximum atomic E-state index is 10.9. The molecule has 0 amide bonds. The Morgan fingerprint density at radius 1 is 1.37 bits per heavy atom. The van der Waals surface area contributed by atoms with E-state index in [4.69, 9.17) is 5.11 Å². The molecule has 5 heteroatoms. The van der Waals surface area contributed by atoms with Gasteiger partial charge in [-0.3, -0.25) is 0 Å². The van der Waals surface area contributed by atoms with Crippen LogP contribution >= 0.6 is 11.3 Å². The van der Waals surface area contributed by atoms with Crippen LogP contribution in [0.25, 0.3) is 0 Å². The molecule has 100 valence electrons. The number of nitrogens with zero attached hydrogens (tertiary/aromatic N) is 2. The van der Waals surface area contributed by atoms with Crippen LogP contribution in [-0.4, -0.2) is 22.6 Å². The molecular formula is C14H16N2O2S. The highest BCUT2D eigenvalue weighted by atomic mass is 32.1. The molecule has 0 radical (unpaired) electrons. The Hall–Kier alpha value is -1.88. The fourth-order valence-electron chi connectivity index (χ4n) is 1.75. The molecule has 4 nitrogen and oxygen atoms in total. The Kier molecular flexibility index (Phi) is 4.52. The van der Waals surface area contributed by atoms with Gasteiger partial charge in [-0.1, -0.05) is 42.9 Å². The van der Waals surface area contributed by atoms with Crippen molar-refractivity contribution in [3.63, 3.8) is 0 Å². The third kappa shape index (κ3) is 3.32. The average molecular weight is 276 g/mol. The van der Waals surface area contributed by atoms with Crippen LogP contribution in [0, 0.1) is 0 Å². The van der Waals surface area contributed by atoms with E-state index in [0.717, 1.165) is 30.2 Å². The smallest absolute Gasteiger partial charge is 0.347 e. The first kappa shape index (κ1) is 13.5. The summed E-state index contributed by atoms with van der Waals surface area (Å²) in [6.07, 6.45) is 3.54. The van der Waals surface area contributed by atoms with Gasteiger partial charge in [-0.25, -0.2) is 9.78 Å². The van der Waals surface area contributed by atoms with Gasteiger partial charge in [0.1, 0.15) is 4.88 Å². The maximum Gasteiger partial charge on any atom is 0.347 e. The third-order valence-corrected chi connectivity index (χ3v) is 3.75. The van der Waals surface area contributed by atoms with E-state index in [1.54, 1.807) is 0 Å². The molecule has 0 atom stereocenters. The second-order valence-corrected chi connectivity index (χ2v) is 5.16. The summed E-state index contributed by atoms with van der Waals surface area (Å²) in [5, 5.41) is 9.71. The normalized spacial score (nSPS) is 10.4. The highest BCUT2D eigenvalue weighted by Crippen LogP contribution is 2.29. The van der Waals surface area contributed by atoms with Crippen molar-refractivity contribution in [2.24, 2.45) is 0 Å². The van der Waals surface area contributed by atoms with E-state index in [9.17, 15) is 4.79 Å². The van der Waals surface area contributed by atoms with Crippen molar-refractivity contribution < 1.29 is 9.90 Å². The van der Waals surface area contributed by atoms with Crippen molar-refractivity contribution in [1.82, 2.24) is 4.98 Å². The molecule has 0 aliphatic carbocycles. The lowest BCUT2D eigenvalue weighted by atomic mass is 10.2. The van der Waals surface area contributed by atoms with Gasteiger partial charge in [-0.2, -0.15) is 0 Å². The standard InChI is InChI=1S/C14H16N2O2S/c1-2-3-9-16(11-7-5-4-6-8-11)14-15-10-12(19-14)13(17)18/h4-8,10H,2-3,9H2,1H3,(H,17,18). The van der Waals surface area contributed by atoms with Gasteiger partial charge in [0.2, 0.25) is 0 Å². The number of rotatable bonds is 6. The predicted molar refractivity (Wildman–Crippen MR) is 77.4 cm³/mol. The van der Waals surface area contributed by atoms with E-state index in [2.05, 4.69) is 16.8 Å². The van der Waals surface area contributed by atoms with Crippen LogP contribution in [-0.2, 0) is 0 Å². The van der Waals surface area contributed by atoms with Crippen molar-refractivity contribution in [3.8, 4) is 0 Å². The molecule has 2 aromatic rings. The number of aromatic nitrogens is 1. The van der Waals surface area contributed by atoms with Gasteiger partial charge < -0.3 is 10.0 Å². The van der Waals surface area contributed by atoms with Crippen LogP contribution in [0.2, 0.25) is 0 Å². The van der Waals surface area contributed by atoms with E-state index in [0.29, 0.717) is 0 Å². The first-order chi connectivity index (χ1) is 9.22. The molecule has 1 heterocycles. The summed E-state index contributed by atoms with van der Waals surface area (Å²) in [6.45, 7) is 2.97. The Morgan fingerprint density at radius 2 is 2.11 bits per heavy atom. The average Bonchev–Trinajstić information content (AvgIpc) is 2.90. The zero-order valence-electron chi connectivity index (χ0n) is 10.7. The SMILES string of the molecule is CCCCN(c1ccccc1)c1ncc(C(=O)O)s1. The number of thiazole rings is 1. The number of unbranched alkanes of at least 4 members (excludes halogenated alkanes) is 1. The Balaban J connectivity index is 2.28. The molecule has 0 aliphatic heterocycles. The molecule has 0 saturated heterocycles. The van der Waals surface area contributed by atoms with Gasteiger partial charge >= 0.3 is 5.97 Å².